The van der Waals surface area contributed by atoms with Crippen molar-refractivity contribution in [2.75, 3.05) is 19.0 Å². The second-order valence-electron chi connectivity index (χ2n) is 5.29. The second-order valence-corrected chi connectivity index (χ2v) is 5.29. The summed E-state index contributed by atoms with van der Waals surface area (Å²) in [6, 6.07) is 7.80. The van der Waals surface area contributed by atoms with Gasteiger partial charge < -0.3 is 10.1 Å². The lowest BCUT2D eigenvalue weighted by molar-refractivity contribution is 0.185. The molecule has 2 heterocycles. The molecule has 0 spiro atoms. The van der Waals surface area contributed by atoms with Gasteiger partial charge in [-0.1, -0.05) is 19.9 Å². The van der Waals surface area contributed by atoms with Crippen LogP contribution >= 0.6 is 0 Å². The number of rotatable bonds is 6. The number of ether oxygens (including phenoxy) is 1. The van der Waals surface area contributed by atoms with Crippen molar-refractivity contribution in [2.24, 2.45) is 0 Å². The van der Waals surface area contributed by atoms with Gasteiger partial charge in [0.1, 0.15) is 11.6 Å². The molecule has 0 bridgehead atoms. The molecule has 0 aliphatic carbocycles. The summed E-state index contributed by atoms with van der Waals surface area (Å²) in [6.07, 6.45) is 1.78. The summed E-state index contributed by atoms with van der Waals surface area (Å²) in [4.78, 5) is 13.3. The van der Waals surface area contributed by atoms with Crippen LogP contribution in [0.2, 0.25) is 0 Å². The lowest BCUT2D eigenvalue weighted by Gasteiger charge is -2.19. The maximum Gasteiger partial charge on any atom is 0.130 e. The zero-order valence-corrected chi connectivity index (χ0v) is 13.0. The van der Waals surface area contributed by atoms with Gasteiger partial charge in [-0.05, 0) is 25.0 Å². The largest absolute Gasteiger partial charge is 0.382 e. The van der Waals surface area contributed by atoms with Crippen LogP contribution in [-0.2, 0) is 4.74 Å². The number of nitrogens with one attached hydrogen (secondary N) is 1. The molecule has 0 saturated carbocycles. The molecule has 2 rings (SSSR count). The van der Waals surface area contributed by atoms with Gasteiger partial charge in [0.2, 0.25) is 0 Å². The van der Waals surface area contributed by atoms with Gasteiger partial charge in [-0.25, -0.2) is 9.97 Å². The fourth-order valence-corrected chi connectivity index (χ4v) is 2.09. The van der Waals surface area contributed by atoms with Crippen LogP contribution in [0.1, 0.15) is 43.0 Å². The average molecular weight is 286 g/mol. The zero-order chi connectivity index (χ0) is 15.2. The standard InChI is InChI=1S/C16H22N4O/c1-11(2)14-9-16(19-12(3)18-14)20-15(10-21-4)13-7-5-6-8-17-13/h5-9,11,15H,10H2,1-4H3,(H,18,19,20)/t15-/m1/s1. The van der Waals surface area contributed by atoms with Crippen LogP contribution in [0.5, 0.6) is 0 Å². The Labute approximate surface area is 125 Å². The molecule has 2 aromatic rings. The Hall–Kier alpha value is -2.01. The van der Waals surface area contributed by atoms with Crippen molar-refractivity contribution in [3.05, 3.63) is 47.7 Å². The molecule has 1 atom stereocenters. The Balaban J connectivity index is 2.25. The van der Waals surface area contributed by atoms with Crippen molar-refractivity contribution in [3.63, 3.8) is 0 Å². The molecule has 1 N–H and O–H groups in total. The molecule has 0 fully saturated rings. The van der Waals surface area contributed by atoms with E-state index in [1.54, 1.807) is 13.3 Å². The van der Waals surface area contributed by atoms with Crippen molar-refractivity contribution < 1.29 is 4.74 Å². The van der Waals surface area contributed by atoms with E-state index in [0.717, 1.165) is 23.0 Å². The van der Waals surface area contributed by atoms with Gasteiger partial charge in [-0.15, -0.1) is 0 Å². The van der Waals surface area contributed by atoms with E-state index >= 15 is 0 Å². The summed E-state index contributed by atoms with van der Waals surface area (Å²) >= 11 is 0. The van der Waals surface area contributed by atoms with Gasteiger partial charge in [-0.2, -0.15) is 0 Å². The van der Waals surface area contributed by atoms with E-state index in [4.69, 9.17) is 4.74 Å². The SMILES string of the molecule is COC[C@@H](Nc1cc(C(C)C)nc(C)n1)c1ccccn1. The van der Waals surface area contributed by atoms with E-state index in [1.807, 2.05) is 31.2 Å². The molecule has 0 aliphatic rings. The molecule has 0 unspecified atom stereocenters. The summed E-state index contributed by atoms with van der Waals surface area (Å²) in [5, 5.41) is 3.39. The minimum atomic E-state index is -0.0366. The smallest absolute Gasteiger partial charge is 0.130 e. The Bertz CT molecular complexity index is 572. The van der Waals surface area contributed by atoms with Gasteiger partial charge in [0.15, 0.2) is 0 Å². The number of hydrogen-bond acceptors (Lipinski definition) is 5. The van der Waals surface area contributed by atoms with Crippen LogP contribution in [0.25, 0.3) is 0 Å². The van der Waals surface area contributed by atoms with Crippen LogP contribution in [0.4, 0.5) is 5.82 Å². The van der Waals surface area contributed by atoms with Crippen LogP contribution in [0.15, 0.2) is 30.5 Å². The summed E-state index contributed by atoms with van der Waals surface area (Å²) in [5.41, 5.74) is 1.96. The number of anilines is 1. The number of hydrogen-bond donors (Lipinski definition) is 1. The van der Waals surface area contributed by atoms with Crippen molar-refractivity contribution in [2.45, 2.75) is 32.7 Å². The zero-order valence-electron chi connectivity index (χ0n) is 13.0. The normalized spacial score (nSPS) is 12.4. The van der Waals surface area contributed by atoms with Crippen LogP contribution < -0.4 is 5.32 Å². The molecule has 0 radical (unpaired) electrons. The second kappa shape index (κ2) is 7.13. The van der Waals surface area contributed by atoms with E-state index in [2.05, 4.69) is 34.1 Å². The van der Waals surface area contributed by atoms with Crippen molar-refractivity contribution in [1.29, 1.82) is 0 Å². The first kappa shape index (κ1) is 15.4. The Morgan fingerprint density at radius 1 is 1.19 bits per heavy atom. The predicted molar refractivity (Wildman–Crippen MR) is 83.3 cm³/mol. The molecule has 5 nitrogen and oxygen atoms in total. The maximum absolute atomic E-state index is 5.29. The topological polar surface area (TPSA) is 59.9 Å². The molecular weight excluding hydrogens is 264 g/mol. The molecule has 21 heavy (non-hydrogen) atoms. The average Bonchev–Trinajstić information content (AvgIpc) is 2.47. The summed E-state index contributed by atoms with van der Waals surface area (Å²) < 4.78 is 5.29. The van der Waals surface area contributed by atoms with Gasteiger partial charge in [0.05, 0.1) is 18.3 Å². The highest BCUT2D eigenvalue weighted by Gasteiger charge is 2.14. The monoisotopic (exact) mass is 286 g/mol. The minimum absolute atomic E-state index is 0.0366. The van der Waals surface area contributed by atoms with Crippen molar-refractivity contribution in [3.8, 4) is 0 Å². The highest BCUT2D eigenvalue weighted by atomic mass is 16.5. The first-order valence-electron chi connectivity index (χ1n) is 7.12. The summed E-state index contributed by atoms with van der Waals surface area (Å²) in [5.74, 6) is 1.93. The number of nitrogens with zero attached hydrogens (tertiary/aromatic N) is 3. The van der Waals surface area contributed by atoms with Crippen molar-refractivity contribution >= 4 is 5.82 Å². The van der Waals surface area contributed by atoms with E-state index in [1.165, 1.54) is 0 Å². The molecule has 0 aromatic carbocycles. The van der Waals surface area contributed by atoms with Gasteiger partial charge in [0.25, 0.3) is 0 Å². The van der Waals surface area contributed by atoms with E-state index < -0.39 is 0 Å². The van der Waals surface area contributed by atoms with E-state index in [-0.39, 0.29) is 6.04 Å². The first-order chi connectivity index (χ1) is 10.1. The Kier molecular flexibility index (Phi) is 5.22. The van der Waals surface area contributed by atoms with Crippen molar-refractivity contribution in [1.82, 2.24) is 15.0 Å². The molecule has 2 aromatic heterocycles. The third kappa shape index (κ3) is 4.23. The van der Waals surface area contributed by atoms with Crippen LogP contribution in [0, 0.1) is 6.92 Å². The Morgan fingerprint density at radius 3 is 2.62 bits per heavy atom. The number of aryl methyl sites for hydroxylation is 1. The predicted octanol–water partition coefficient (Wildman–Crippen LogP) is 3.10. The fourth-order valence-electron chi connectivity index (χ4n) is 2.09. The third-order valence-electron chi connectivity index (χ3n) is 3.15. The molecule has 112 valence electrons. The minimum Gasteiger partial charge on any atom is -0.382 e. The molecule has 0 aliphatic heterocycles. The van der Waals surface area contributed by atoms with Crippen LogP contribution in [0.3, 0.4) is 0 Å². The van der Waals surface area contributed by atoms with Crippen LogP contribution in [-0.4, -0.2) is 28.7 Å². The number of methoxy groups -OCH3 is 1. The molecule has 0 saturated heterocycles. The van der Waals surface area contributed by atoms with E-state index in [9.17, 15) is 0 Å². The van der Waals surface area contributed by atoms with Gasteiger partial charge in [0, 0.05) is 25.1 Å². The third-order valence-corrected chi connectivity index (χ3v) is 3.15. The fraction of sp³-hybridized carbons (Fsp3) is 0.438. The quantitative estimate of drug-likeness (QED) is 0.884. The molecule has 0 amide bonds. The lowest BCUT2D eigenvalue weighted by Crippen LogP contribution is -2.19. The van der Waals surface area contributed by atoms with Gasteiger partial charge >= 0.3 is 0 Å². The first-order valence-corrected chi connectivity index (χ1v) is 7.12. The summed E-state index contributed by atoms with van der Waals surface area (Å²) in [6.45, 7) is 6.67. The Morgan fingerprint density at radius 2 is 2.00 bits per heavy atom. The lowest BCUT2D eigenvalue weighted by atomic mass is 10.1. The maximum atomic E-state index is 5.29. The number of pyridine rings is 1. The van der Waals surface area contributed by atoms with E-state index in [0.29, 0.717) is 12.5 Å². The molecule has 5 heteroatoms. The highest BCUT2D eigenvalue weighted by molar-refractivity contribution is 5.39. The highest BCUT2D eigenvalue weighted by Crippen LogP contribution is 2.20. The summed E-state index contributed by atoms with van der Waals surface area (Å²) in [7, 11) is 1.68. The number of aromatic nitrogens is 3. The van der Waals surface area contributed by atoms with Gasteiger partial charge in [-0.3, -0.25) is 4.98 Å². The molecular formula is C16H22N4O.